The Kier molecular flexibility index (Phi) is 7.70. The minimum absolute atomic E-state index is 0.0856. The summed E-state index contributed by atoms with van der Waals surface area (Å²) in [6.45, 7) is 14.8. The van der Waals surface area contributed by atoms with E-state index >= 15 is 0 Å². The van der Waals surface area contributed by atoms with Crippen molar-refractivity contribution in [3.05, 3.63) is 193 Å². The maximum absolute atomic E-state index is 2.53. The molecule has 0 amide bonds. The Hall–Kier alpha value is -6.50. The van der Waals surface area contributed by atoms with Crippen LogP contribution in [0.5, 0.6) is 0 Å². The zero-order valence-electron chi connectivity index (χ0n) is 34.8. The summed E-state index contributed by atoms with van der Waals surface area (Å²) in [7, 11) is 0. The highest BCUT2D eigenvalue weighted by atomic mass is 14.6. The molecule has 0 heteroatoms. The molecule has 11 rings (SSSR count). The van der Waals surface area contributed by atoms with Crippen molar-refractivity contribution >= 4 is 53.9 Å². The molecule has 10 aromatic rings. The monoisotopic (exact) mass is 756 g/mol. The zero-order valence-corrected chi connectivity index (χ0v) is 34.8. The number of hydrogen-bond acceptors (Lipinski definition) is 0. The van der Waals surface area contributed by atoms with Gasteiger partial charge in [0.2, 0.25) is 0 Å². The van der Waals surface area contributed by atoms with E-state index in [2.05, 4.69) is 224 Å². The molecule has 0 saturated carbocycles. The smallest absolute Gasteiger partial charge is 0.0318 e. The molecule has 0 aliphatic heterocycles. The van der Waals surface area contributed by atoms with Gasteiger partial charge in [-0.05, 0) is 145 Å². The van der Waals surface area contributed by atoms with Crippen molar-refractivity contribution in [3.63, 3.8) is 0 Å². The van der Waals surface area contributed by atoms with Crippen LogP contribution in [0.3, 0.4) is 0 Å². The second kappa shape index (κ2) is 12.7. The molecule has 0 unspecified atom stereocenters. The molecule has 0 fully saturated rings. The summed E-state index contributed by atoms with van der Waals surface area (Å²) in [5, 5.41) is 13.0. The van der Waals surface area contributed by atoms with E-state index in [-0.39, 0.29) is 16.2 Å². The first-order valence-corrected chi connectivity index (χ1v) is 21.2. The molecule has 0 aromatic heterocycles. The van der Waals surface area contributed by atoms with Crippen LogP contribution < -0.4 is 0 Å². The number of rotatable bonds is 3. The Bertz CT molecular complexity index is 3260. The third-order valence-corrected chi connectivity index (χ3v) is 13.7. The molecule has 1 aliphatic carbocycles. The molecular formula is C59H48. The van der Waals surface area contributed by atoms with Crippen LogP contribution >= 0.6 is 0 Å². The maximum Gasteiger partial charge on any atom is 0.0318 e. The first-order chi connectivity index (χ1) is 28.6. The predicted octanol–water partition coefficient (Wildman–Crippen LogP) is 16.8. The molecule has 0 saturated heterocycles. The van der Waals surface area contributed by atoms with E-state index in [0.717, 1.165) is 0 Å². The largest absolute Gasteiger partial charge is 0.0622 e. The highest BCUT2D eigenvalue weighted by molar-refractivity contribution is 6.22. The van der Waals surface area contributed by atoms with Crippen molar-refractivity contribution in [2.45, 2.75) is 47.0 Å². The normalized spacial score (nSPS) is 13.7. The molecule has 59 heavy (non-hydrogen) atoms. The van der Waals surface area contributed by atoms with Crippen LogP contribution in [-0.4, -0.2) is 0 Å². The molecule has 0 bridgehead atoms. The van der Waals surface area contributed by atoms with Crippen molar-refractivity contribution in [1.29, 1.82) is 0 Å². The Morgan fingerprint density at radius 3 is 1.36 bits per heavy atom. The third-order valence-electron chi connectivity index (χ3n) is 13.7. The summed E-state index contributed by atoms with van der Waals surface area (Å²) < 4.78 is 0. The summed E-state index contributed by atoms with van der Waals surface area (Å²) in [6.07, 6.45) is 0. The zero-order chi connectivity index (χ0) is 40.3. The molecule has 0 spiro atoms. The first-order valence-electron chi connectivity index (χ1n) is 21.2. The maximum atomic E-state index is 2.53. The summed E-state index contributed by atoms with van der Waals surface area (Å²) in [5.74, 6) is 0. The molecule has 0 heterocycles. The molecule has 1 aliphatic rings. The Balaban J connectivity index is 1.18. The minimum atomic E-state index is -0.258. The number of hydrogen-bond donors (Lipinski definition) is 0. The second-order valence-electron chi connectivity index (χ2n) is 18.8. The summed E-state index contributed by atoms with van der Waals surface area (Å²) in [4.78, 5) is 0. The lowest BCUT2D eigenvalue weighted by molar-refractivity contribution is 0.0965. The summed E-state index contributed by atoms with van der Waals surface area (Å²) in [5.41, 5.74) is 12.8. The highest BCUT2D eigenvalue weighted by Crippen LogP contribution is 2.67. The van der Waals surface area contributed by atoms with Gasteiger partial charge < -0.3 is 0 Å². The Morgan fingerprint density at radius 2 is 0.763 bits per heavy atom. The quantitative estimate of drug-likeness (QED) is 0.124. The number of benzene rings is 10. The lowest BCUT2D eigenvalue weighted by atomic mass is 9.49. The fourth-order valence-corrected chi connectivity index (χ4v) is 11.8. The first kappa shape index (κ1) is 35.6. The predicted molar refractivity (Wildman–Crippen MR) is 255 cm³/mol. The van der Waals surface area contributed by atoms with Gasteiger partial charge in [0.05, 0.1) is 0 Å². The average molecular weight is 757 g/mol. The lowest BCUT2D eigenvalue weighted by Crippen LogP contribution is -2.50. The van der Waals surface area contributed by atoms with Gasteiger partial charge in [-0.25, -0.2) is 0 Å². The van der Waals surface area contributed by atoms with E-state index in [9.17, 15) is 0 Å². The number of fused-ring (bicyclic) bond motifs is 11. The van der Waals surface area contributed by atoms with Gasteiger partial charge in [0.15, 0.2) is 0 Å². The van der Waals surface area contributed by atoms with Gasteiger partial charge in [-0.3, -0.25) is 0 Å². The van der Waals surface area contributed by atoms with Gasteiger partial charge in [-0.1, -0.05) is 199 Å². The van der Waals surface area contributed by atoms with Gasteiger partial charge >= 0.3 is 0 Å². The Morgan fingerprint density at radius 1 is 0.305 bits per heavy atom. The molecular weight excluding hydrogens is 709 g/mol. The highest BCUT2D eigenvalue weighted by Gasteiger charge is 2.58. The Labute approximate surface area is 347 Å². The molecule has 0 atom stereocenters. The van der Waals surface area contributed by atoms with Crippen molar-refractivity contribution in [3.8, 4) is 44.5 Å². The van der Waals surface area contributed by atoms with E-state index in [4.69, 9.17) is 0 Å². The minimum Gasteiger partial charge on any atom is -0.0622 e. The summed E-state index contributed by atoms with van der Waals surface area (Å²) in [6, 6.07) is 68.4. The molecule has 0 radical (unpaired) electrons. The molecule has 284 valence electrons. The van der Waals surface area contributed by atoms with Crippen LogP contribution in [0.2, 0.25) is 0 Å². The van der Waals surface area contributed by atoms with Gasteiger partial charge in [-0.15, -0.1) is 0 Å². The van der Waals surface area contributed by atoms with Crippen LogP contribution in [0.4, 0.5) is 0 Å². The van der Waals surface area contributed by atoms with Gasteiger partial charge in [0, 0.05) is 5.41 Å². The van der Waals surface area contributed by atoms with Crippen LogP contribution in [0.1, 0.15) is 52.7 Å². The van der Waals surface area contributed by atoms with Crippen molar-refractivity contribution in [2.24, 2.45) is 10.8 Å². The van der Waals surface area contributed by atoms with E-state index in [0.29, 0.717) is 0 Å². The van der Waals surface area contributed by atoms with E-state index in [1.807, 2.05) is 0 Å². The fourth-order valence-electron chi connectivity index (χ4n) is 11.8. The van der Waals surface area contributed by atoms with E-state index in [1.165, 1.54) is 109 Å². The van der Waals surface area contributed by atoms with Crippen LogP contribution in [0.15, 0.2) is 182 Å². The summed E-state index contributed by atoms with van der Waals surface area (Å²) >= 11 is 0. The average Bonchev–Trinajstić information content (AvgIpc) is 3.57. The van der Waals surface area contributed by atoms with Crippen molar-refractivity contribution in [1.82, 2.24) is 0 Å². The van der Waals surface area contributed by atoms with Gasteiger partial charge in [0.1, 0.15) is 0 Å². The van der Waals surface area contributed by atoms with Gasteiger partial charge in [0.25, 0.3) is 0 Å². The van der Waals surface area contributed by atoms with Crippen LogP contribution in [-0.2, 0) is 5.41 Å². The lowest BCUT2D eigenvalue weighted by Gasteiger charge is -2.53. The second-order valence-corrected chi connectivity index (χ2v) is 18.8. The third kappa shape index (κ3) is 5.02. The fraction of sp³-hybridized carbons (Fsp3) is 0.153. The molecule has 10 aromatic carbocycles. The van der Waals surface area contributed by atoms with Gasteiger partial charge in [-0.2, -0.15) is 0 Å². The molecule has 0 nitrogen and oxygen atoms in total. The van der Waals surface area contributed by atoms with Crippen molar-refractivity contribution in [2.75, 3.05) is 0 Å². The van der Waals surface area contributed by atoms with Crippen LogP contribution in [0.25, 0.3) is 98.4 Å². The topological polar surface area (TPSA) is 0 Å². The molecule has 0 N–H and O–H groups in total. The van der Waals surface area contributed by atoms with E-state index < -0.39 is 0 Å². The standard InChI is InChI=1S/C59H48/c1-57(2,3)59(58(4,5)6)52-36-40-22-11-10-21-39(40)35-51(52)55-44-26-13-12-25-43(44)50-34-41(31-32-49(50)56(55)59)38-23-18-24-42(33-38)54-47-29-16-14-27-45(47)53(37-19-8-7-9-20-37)46-28-15-17-30-48(46)54/h7-36H,1-6H3. The van der Waals surface area contributed by atoms with E-state index in [1.54, 1.807) is 0 Å². The van der Waals surface area contributed by atoms with Crippen LogP contribution in [0, 0.1) is 10.8 Å². The van der Waals surface area contributed by atoms with Crippen molar-refractivity contribution < 1.29 is 0 Å². The SMILES string of the molecule is CC(C)(C)C1(C(C)(C)C)c2cc3ccccc3cc2-c2c1c1ccc(-c3cccc(-c4c5ccccc5c(-c5ccccc5)c5ccccc45)c3)cc1c1ccccc21.